The summed E-state index contributed by atoms with van der Waals surface area (Å²) in [6, 6.07) is 0. The quantitative estimate of drug-likeness (QED) is 0.350. The fraction of sp³-hybridized carbons (Fsp3) is 0.500. The highest BCUT2D eigenvalue weighted by Crippen LogP contribution is 2.25. The van der Waals surface area contributed by atoms with E-state index in [4.69, 9.17) is 27.9 Å². The molecule has 0 N–H and O–H groups in total. The Bertz CT molecular complexity index is 299. The van der Waals surface area contributed by atoms with Crippen LogP contribution in [-0.4, -0.2) is 29.4 Å². The molecule has 0 aromatic carbocycles. The van der Waals surface area contributed by atoms with Crippen LogP contribution in [0.15, 0.2) is 11.2 Å². The van der Waals surface area contributed by atoms with Crippen molar-refractivity contribution in [3.8, 4) is 0 Å². The van der Waals surface area contributed by atoms with Crippen molar-refractivity contribution in [1.82, 2.24) is 9.97 Å². The summed E-state index contributed by atoms with van der Waals surface area (Å²) in [7, 11) is 1.68. The molecule has 0 saturated heterocycles. The molecule has 6 heteroatoms. The summed E-state index contributed by atoms with van der Waals surface area (Å²) in [5.41, 5.74) is 0. The second-order valence-electron chi connectivity index (χ2n) is 2.49. The van der Waals surface area contributed by atoms with Gasteiger partial charge in [0, 0.05) is 19.5 Å². The maximum absolute atomic E-state index is 5.87. The van der Waals surface area contributed by atoms with E-state index in [1.54, 1.807) is 18.9 Å². The molecule has 0 aliphatic heterocycles. The number of thioether (sulfide) groups is 1. The van der Waals surface area contributed by atoms with Gasteiger partial charge in [0.25, 0.3) is 0 Å². The van der Waals surface area contributed by atoms with Crippen LogP contribution in [-0.2, 0) is 4.74 Å². The summed E-state index contributed by atoms with van der Waals surface area (Å²) >= 11 is 13.1. The number of methoxy groups -OCH3 is 1. The molecule has 0 fully saturated rings. The number of hydrogen-bond donors (Lipinski definition) is 0. The SMILES string of the molecule is COCCCSc1nc(Cl)ncc1Cl. The summed E-state index contributed by atoms with van der Waals surface area (Å²) in [4.78, 5) is 7.78. The lowest BCUT2D eigenvalue weighted by molar-refractivity contribution is 0.200. The Balaban J connectivity index is 2.45. The number of hydrogen-bond acceptors (Lipinski definition) is 4. The van der Waals surface area contributed by atoms with E-state index in [1.807, 2.05) is 0 Å². The van der Waals surface area contributed by atoms with E-state index in [2.05, 4.69) is 9.97 Å². The largest absolute Gasteiger partial charge is 0.385 e. The molecular formula is C8H10Cl2N2OS. The van der Waals surface area contributed by atoms with Gasteiger partial charge >= 0.3 is 0 Å². The van der Waals surface area contributed by atoms with Gasteiger partial charge in [-0.05, 0) is 18.0 Å². The number of halogens is 2. The van der Waals surface area contributed by atoms with E-state index in [0.717, 1.165) is 23.8 Å². The zero-order valence-corrected chi connectivity index (χ0v) is 9.99. The minimum Gasteiger partial charge on any atom is -0.385 e. The summed E-state index contributed by atoms with van der Waals surface area (Å²) in [5.74, 6) is 0.904. The fourth-order valence-electron chi connectivity index (χ4n) is 0.805. The van der Waals surface area contributed by atoms with Gasteiger partial charge in [0.15, 0.2) is 0 Å². The van der Waals surface area contributed by atoms with Crippen molar-refractivity contribution in [1.29, 1.82) is 0 Å². The van der Waals surface area contributed by atoms with Gasteiger partial charge in [-0.15, -0.1) is 11.8 Å². The second kappa shape index (κ2) is 6.45. The smallest absolute Gasteiger partial charge is 0.223 e. The molecule has 0 saturated carbocycles. The average molecular weight is 253 g/mol. The van der Waals surface area contributed by atoms with Gasteiger partial charge in [0.2, 0.25) is 5.28 Å². The van der Waals surface area contributed by atoms with Crippen molar-refractivity contribution in [3.05, 3.63) is 16.5 Å². The first-order valence-electron chi connectivity index (χ1n) is 4.04. The van der Waals surface area contributed by atoms with E-state index in [9.17, 15) is 0 Å². The normalized spacial score (nSPS) is 10.5. The molecule has 0 radical (unpaired) electrons. The Labute approximate surface area is 97.2 Å². The standard InChI is InChI=1S/C8H10Cl2N2OS/c1-13-3-2-4-14-7-6(9)5-11-8(10)12-7/h5H,2-4H2,1H3. The summed E-state index contributed by atoms with van der Waals surface area (Å²) < 4.78 is 4.93. The topological polar surface area (TPSA) is 35.0 Å². The molecule has 1 aromatic rings. The highest BCUT2D eigenvalue weighted by atomic mass is 35.5. The second-order valence-corrected chi connectivity index (χ2v) is 4.32. The Kier molecular flexibility index (Phi) is 5.55. The van der Waals surface area contributed by atoms with Crippen LogP contribution in [0, 0.1) is 0 Å². The van der Waals surface area contributed by atoms with E-state index in [0.29, 0.717) is 5.02 Å². The monoisotopic (exact) mass is 252 g/mol. The van der Waals surface area contributed by atoms with Gasteiger partial charge in [-0.25, -0.2) is 9.97 Å². The molecule has 0 amide bonds. The zero-order chi connectivity index (χ0) is 10.4. The maximum Gasteiger partial charge on any atom is 0.223 e. The molecule has 3 nitrogen and oxygen atoms in total. The average Bonchev–Trinajstić information content (AvgIpc) is 2.18. The van der Waals surface area contributed by atoms with Gasteiger partial charge in [-0.2, -0.15) is 0 Å². The van der Waals surface area contributed by atoms with E-state index in [-0.39, 0.29) is 5.28 Å². The third-order valence-electron chi connectivity index (χ3n) is 1.41. The lowest BCUT2D eigenvalue weighted by Gasteiger charge is -2.02. The summed E-state index contributed by atoms with van der Waals surface area (Å²) in [6.45, 7) is 0.740. The van der Waals surface area contributed by atoms with Crippen molar-refractivity contribution >= 4 is 35.0 Å². The van der Waals surface area contributed by atoms with E-state index in [1.165, 1.54) is 6.20 Å². The van der Waals surface area contributed by atoms with Gasteiger partial charge < -0.3 is 4.74 Å². The predicted molar refractivity (Wildman–Crippen MR) is 59.3 cm³/mol. The number of rotatable bonds is 5. The Hall–Kier alpha value is -0.0300. The molecule has 14 heavy (non-hydrogen) atoms. The van der Waals surface area contributed by atoms with Crippen LogP contribution in [0.25, 0.3) is 0 Å². The summed E-state index contributed by atoms with van der Waals surface area (Å²) in [5, 5.41) is 1.49. The van der Waals surface area contributed by atoms with E-state index < -0.39 is 0 Å². The molecule has 78 valence electrons. The molecule has 1 heterocycles. The molecule has 0 spiro atoms. The third-order valence-corrected chi connectivity index (χ3v) is 3.06. The van der Waals surface area contributed by atoms with Crippen LogP contribution in [0.1, 0.15) is 6.42 Å². The van der Waals surface area contributed by atoms with Crippen LogP contribution in [0.2, 0.25) is 10.3 Å². The van der Waals surface area contributed by atoms with Crippen molar-refractivity contribution in [2.45, 2.75) is 11.4 Å². The van der Waals surface area contributed by atoms with Gasteiger partial charge in [0.05, 0.1) is 11.2 Å². The van der Waals surface area contributed by atoms with Crippen LogP contribution < -0.4 is 0 Å². The summed E-state index contributed by atoms with van der Waals surface area (Å²) in [6.07, 6.45) is 2.47. The minimum absolute atomic E-state index is 0.226. The van der Waals surface area contributed by atoms with Crippen molar-refractivity contribution in [2.75, 3.05) is 19.5 Å². The predicted octanol–water partition coefficient (Wildman–Crippen LogP) is 2.91. The highest BCUT2D eigenvalue weighted by Gasteiger charge is 2.04. The van der Waals surface area contributed by atoms with Crippen LogP contribution in [0.4, 0.5) is 0 Å². The van der Waals surface area contributed by atoms with E-state index >= 15 is 0 Å². The first kappa shape index (κ1) is 12.0. The van der Waals surface area contributed by atoms with Crippen LogP contribution in [0.3, 0.4) is 0 Å². The Morgan fingerprint density at radius 2 is 2.29 bits per heavy atom. The molecule has 0 aliphatic carbocycles. The Morgan fingerprint density at radius 3 is 3.00 bits per heavy atom. The first-order valence-corrected chi connectivity index (χ1v) is 5.78. The Morgan fingerprint density at radius 1 is 1.50 bits per heavy atom. The van der Waals surface area contributed by atoms with Gasteiger partial charge in [-0.1, -0.05) is 11.6 Å². The number of ether oxygens (including phenoxy) is 1. The van der Waals surface area contributed by atoms with Crippen molar-refractivity contribution in [3.63, 3.8) is 0 Å². The third kappa shape index (κ3) is 4.00. The van der Waals surface area contributed by atoms with Crippen molar-refractivity contribution in [2.24, 2.45) is 0 Å². The lowest BCUT2D eigenvalue weighted by atomic mass is 10.5. The van der Waals surface area contributed by atoms with Gasteiger partial charge in [0.1, 0.15) is 5.03 Å². The number of aromatic nitrogens is 2. The molecule has 0 unspecified atom stereocenters. The molecule has 0 bridgehead atoms. The minimum atomic E-state index is 0.226. The molecular weight excluding hydrogens is 243 g/mol. The maximum atomic E-state index is 5.87. The fourth-order valence-corrected chi connectivity index (χ4v) is 2.04. The van der Waals surface area contributed by atoms with Crippen molar-refractivity contribution < 1.29 is 4.74 Å². The molecule has 0 atom stereocenters. The van der Waals surface area contributed by atoms with Crippen LogP contribution >= 0.6 is 35.0 Å². The molecule has 0 aliphatic rings. The number of nitrogens with zero attached hydrogens (tertiary/aromatic N) is 2. The highest BCUT2D eigenvalue weighted by molar-refractivity contribution is 7.99. The van der Waals surface area contributed by atoms with Gasteiger partial charge in [-0.3, -0.25) is 0 Å². The van der Waals surface area contributed by atoms with Crippen LogP contribution in [0.5, 0.6) is 0 Å². The lowest BCUT2D eigenvalue weighted by Crippen LogP contribution is -1.92. The molecule has 1 rings (SSSR count). The molecule has 1 aromatic heterocycles. The zero-order valence-electron chi connectivity index (χ0n) is 7.67. The first-order chi connectivity index (χ1) is 6.74.